The molecule has 41 heavy (non-hydrogen) atoms. The third-order valence-electron chi connectivity index (χ3n) is 12.6. The zero-order valence-corrected chi connectivity index (χ0v) is 27.9. The Kier molecular flexibility index (Phi) is 8.75. The number of thiophene rings is 1. The Labute approximate surface area is 253 Å². The molecule has 0 amide bonds. The maximum atomic E-state index is 13.1. The van der Waals surface area contributed by atoms with Crippen LogP contribution < -0.4 is 4.72 Å². The molecule has 0 spiro atoms. The van der Waals surface area contributed by atoms with Gasteiger partial charge in [0.15, 0.2) is 0 Å². The van der Waals surface area contributed by atoms with Gasteiger partial charge in [-0.3, -0.25) is 0 Å². The standard InChI is InChI=1S/C34H55NO4S2/c1-8-21(16-19-35-41(38,39)29-13-12-28(40-29)32(3,4)5)24-10-11-25-30-26(15-18-33(24,25)6)34(7)17-14-22(36)20-27(34)23(9-2)31(30)37/h8,12-13,21-27,30-31,35-37H,1,9-11,14-20H2,2-7H3/t21-,22-,23-,24?,25+,26+,27+,30?,31-,33?,34-/m1/s1. The molecular weight excluding hydrogens is 551 g/mol. The van der Waals surface area contributed by atoms with Crippen LogP contribution in [-0.2, 0) is 15.4 Å². The summed E-state index contributed by atoms with van der Waals surface area (Å²) >= 11 is 1.36. The monoisotopic (exact) mass is 605 g/mol. The quantitative estimate of drug-likeness (QED) is 0.275. The lowest BCUT2D eigenvalue weighted by Gasteiger charge is -2.64. The molecule has 232 valence electrons. The van der Waals surface area contributed by atoms with Crippen LogP contribution in [0.3, 0.4) is 0 Å². The molecule has 0 bridgehead atoms. The van der Waals surface area contributed by atoms with Gasteiger partial charge in [0.05, 0.1) is 12.2 Å². The maximum absolute atomic E-state index is 13.1. The van der Waals surface area contributed by atoms with E-state index in [2.05, 4.69) is 58.9 Å². The van der Waals surface area contributed by atoms with Crippen molar-refractivity contribution in [2.45, 2.75) is 121 Å². The van der Waals surface area contributed by atoms with Crippen molar-refractivity contribution in [3.63, 3.8) is 0 Å². The maximum Gasteiger partial charge on any atom is 0.250 e. The first-order valence-corrected chi connectivity index (χ1v) is 18.6. The Bertz CT molecular complexity index is 1200. The molecule has 5 nitrogen and oxygen atoms in total. The molecule has 7 heteroatoms. The first-order valence-electron chi connectivity index (χ1n) is 16.3. The summed E-state index contributed by atoms with van der Waals surface area (Å²) in [6.07, 6.45) is 10.7. The van der Waals surface area contributed by atoms with Gasteiger partial charge >= 0.3 is 0 Å². The van der Waals surface area contributed by atoms with Crippen LogP contribution in [0.4, 0.5) is 0 Å². The van der Waals surface area contributed by atoms with Crippen LogP contribution in [0.2, 0.25) is 0 Å². The highest BCUT2D eigenvalue weighted by Crippen LogP contribution is 2.69. The number of hydrogen-bond donors (Lipinski definition) is 3. The third-order valence-corrected chi connectivity index (χ3v) is 16.1. The van der Waals surface area contributed by atoms with Crippen LogP contribution in [0.25, 0.3) is 0 Å². The van der Waals surface area contributed by atoms with E-state index in [4.69, 9.17) is 0 Å². The van der Waals surface area contributed by atoms with Crippen molar-refractivity contribution in [3.05, 3.63) is 29.7 Å². The molecule has 0 radical (unpaired) electrons. The number of sulfonamides is 1. The van der Waals surface area contributed by atoms with Gasteiger partial charge in [0, 0.05) is 11.4 Å². The molecule has 4 fully saturated rings. The highest BCUT2D eigenvalue weighted by atomic mass is 32.2. The molecule has 11 atom stereocenters. The zero-order chi connectivity index (χ0) is 30.0. The van der Waals surface area contributed by atoms with Crippen molar-refractivity contribution < 1.29 is 18.6 Å². The Morgan fingerprint density at radius 2 is 1.76 bits per heavy atom. The smallest absolute Gasteiger partial charge is 0.250 e. The fourth-order valence-corrected chi connectivity index (χ4v) is 12.9. The Balaban J connectivity index is 1.30. The lowest BCUT2D eigenvalue weighted by Crippen LogP contribution is -2.62. The van der Waals surface area contributed by atoms with Crippen molar-refractivity contribution in [3.8, 4) is 0 Å². The summed E-state index contributed by atoms with van der Waals surface area (Å²) in [7, 11) is -3.54. The minimum Gasteiger partial charge on any atom is -0.393 e. The number of rotatable bonds is 8. The van der Waals surface area contributed by atoms with Crippen LogP contribution in [0.15, 0.2) is 29.0 Å². The number of fused-ring (bicyclic) bond motifs is 5. The van der Waals surface area contributed by atoms with Crippen LogP contribution in [-0.4, -0.2) is 37.4 Å². The molecule has 1 aromatic heterocycles. The molecule has 1 heterocycles. The van der Waals surface area contributed by atoms with Crippen molar-refractivity contribution in [1.82, 2.24) is 4.72 Å². The van der Waals surface area contributed by atoms with Crippen LogP contribution in [0.5, 0.6) is 0 Å². The Morgan fingerprint density at radius 1 is 1.07 bits per heavy atom. The second kappa shape index (κ2) is 11.3. The SMILES string of the molecule is C=C[C@H](CCNS(=O)(=O)c1ccc(C(C)(C)C)s1)C1CC[C@H]2C3[C@H](O)[C@H](CC)[C@@H]4C[C@H](O)CC[C@]4(C)[C@H]3CCC12C. The summed E-state index contributed by atoms with van der Waals surface area (Å²) in [6, 6.07) is 3.67. The van der Waals surface area contributed by atoms with E-state index in [1.54, 1.807) is 6.07 Å². The van der Waals surface area contributed by atoms with E-state index in [1.165, 1.54) is 17.8 Å². The van der Waals surface area contributed by atoms with E-state index in [1.807, 2.05) is 6.07 Å². The zero-order valence-electron chi connectivity index (χ0n) is 26.2. The molecule has 4 aliphatic carbocycles. The van der Waals surface area contributed by atoms with Gasteiger partial charge in [-0.25, -0.2) is 13.1 Å². The minimum absolute atomic E-state index is 0.0700. The van der Waals surface area contributed by atoms with Crippen molar-refractivity contribution >= 4 is 21.4 Å². The van der Waals surface area contributed by atoms with Gasteiger partial charge in [0.1, 0.15) is 4.21 Å². The summed E-state index contributed by atoms with van der Waals surface area (Å²) in [6.45, 7) is 18.1. The average molecular weight is 606 g/mol. The average Bonchev–Trinajstić information content (AvgIpc) is 3.54. The summed E-state index contributed by atoms with van der Waals surface area (Å²) < 4.78 is 29.5. The molecule has 5 rings (SSSR count). The van der Waals surface area contributed by atoms with E-state index in [9.17, 15) is 18.6 Å². The van der Waals surface area contributed by atoms with Crippen LogP contribution in [0.1, 0.15) is 104 Å². The molecular formula is C34H55NO4S2. The summed E-state index contributed by atoms with van der Waals surface area (Å²) in [5, 5.41) is 22.5. The lowest BCUT2D eigenvalue weighted by atomic mass is 9.41. The second-order valence-electron chi connectivity index (χ2n) is 15.6. The lowest BCUT2D eigenvalue weighted by molar-refractivity contribution is -0.203. The van der Waals surface area contributed by atoms with Crippen molar-refractivity contribution in [1.29, 1.82) is 0 Å². The normalized spacial score (nSPS) is 41.8. The van der Waals surface area contributed by atoms with E-state index >= 15 is 0 Å². The van der Waals surface area contributed by atoms with Gasteiger partial charge in [0.2, 0.25) is 10.0 Å². The first kappa shape index (κ1) is 31.7. The molecule has 0 aliphatic heterocycles. The minimum atomic E-state index is -3.54. The number of hydrogen-bond acceptors (Lipinski definition) is 5. The molecule has 3 N–H and O–H groups in total. The number of allylic oxidation sites excluding steroid dienone is 1. The van der Waals surface area contributed by atoms with Gasteiger partial charge < -0.3 is 10.2 Å². The second-order valence-corrected chi connectivity index (χ2v) is 18.7. The molecule has 0 saturated heterocycles. The van der Waals surface area contributed by atoms with Gasteiger partial charge in [-0.15, -0.1) is 17.9 Å². The predicted molar refractivity (Wildman–Crippen MR) is 168 cm³/mol. The first-order chi connectivity index (χ1) is 19.2. The number of aliphatic hydroxyl groups excluding tert-OH is 2. The molecule has 0 aromatic carbocycles. The fraction of sp³-hybridized carbons (Fsp3) is 0.824. The highest BCUT2D eigenvalue weighted by molar-refractivity contribution is 7.91. The number of aliphatic hydroxyl groups is 2. The highest BCUT2D eigenvalue weighted by Gasteiger charge is 2.64. The Morgan fingerprint density at radius 3 is 2.39 bits per heavy atom. The van der Waals surface area contributed by atoms with E-state index < -0.39 is 10.0 Å². The molecule has 4 aliphatic rings. The Hall–Kier alpha value is -0.730. The fourth-order valence-electron chi connectivity index (χ4n) is 10.5. The molecule has 3 unspecified atom stereocenters. The molecule has 4 saturated carbocycles. The topological polar surface area (TPSA) is 86.6 Å². The number of nitrogens with one attached hydrogen (secondary N) is 1. The summed E-state index contributed by atoms with van der Waals surface area (Å²) in [4.78, 5) is 1.07. The van der Waals surface area contributed by atoms with E-state index in [0.29, 0.717) is 40.3 Å². The molecule has 1 aromatic rings. The van der Waals surface area contributed by atoms with Crippen LogP contribution >= 0.6 is 11.3 Å². The predicted octanol–water partition coefficient (Wildman–Crippen LogP) is 7.14. The summed E-state index contributed by atoms with van der Waals surface area (Å²) in [5.74, 6) is 2.70. The van der Waals surface area contributed by atoms with Gasteiger partial charge in [-0.2, -0.15) is 0 Å². The van der Waals surface area contributed by atoms with Crippen molar-refractivity contribution in [2.24, 2.45) is 52.3 Å². The largest absolute Gasteiger partial charge is 0.393 e. The van der Waals surface area contributed by atoms with E-state index in [-0.39, 0.29) is 40.3 Å². The van der Waals surface area contributed by atoms with E-state index in [0.717, 1.165) is 56.2 Å². The van der Waals surface area contributed by atoms with Crippen molar-refractivity contribution in [2.75, 3.05) is 6.54 Å². The van der Waals surface area contributed by atoms with Gasteiger partial charge in [0.25, 0.3) is 0 Å². The third kappa shape index (κ3) is 5.43. The summed E-state index contributed by atoms with van der Waals surface area (Å²) in [5.41, 5.74) is 0.262. The van der Waals surface area contributed by atoms with Gasteiger partial charge in [-0.1, -0.05) is 54.0 Å². The van der Waals surface area contributed by atoms with Gasteiger partial charge in [-0.05, 0) is 121 Å². The van der Waals surface area contributed by atoms with Crippen LogP contribution in [0, 0.1) is 52.3 Å².